The van der Waals surface area contributed by atoms with Gasteiger partial charge in [-0.05, 0) is 77.3 Å². The molecule has 0 saturated heterocycles. The zero-order valence-corrected chi connectivity index (χ0v) is 20.2. The third kappa shape index (κ3) is 6.79. The molecule has 0 aliphatic rings. The van der Waals surface area contributed by atoms with E-state index in [1.807, 2.05) is 58.7 Å². The molecule has 5 heteroatoms. The van der Waals surface area contributed by atoms with Gasteiger partial charge in [0.15, 0.2) is 0 Å². The lowest BCUT2D eigenvalue weighted by Gasteiger charge is -2.30. The molecular formula is C27H27F2IO2. The summed E-state index contributed by atoms with van der Waals surface area (Å²) in [5, 5.41) is 0. The Morgan fingerprint density at radius 3 is 2.28 bits per heavy atom. The number of aryl methyl sites for hydroxylation is 1. The summed E-state index contributed by atoms with van der Waals surface area (Å²) in [6.45, 7) is -0.651. The van der Waals surface area contributed by atoms with Crippen LogP contribution in [0, 0.1) is 0 Å². The Morgan fingerprint density at radius 1 is 0.906 bits per heavy atom. The smallest absolute Gasteiger partial charge is 0.387 e. The van der Waals surface area contributed by atoms with E-state index in [9.17, 15) is 8.78 Å². The lowest BCUT2D eigenvalue weighted by atomic mass is 9.74. The molecule has 0 saturated carbocycles. The maximum atomic E-state index is 12.5. The van der Waals surface area contributed by atoms with E-state index >= 15 is 0 Å². The minimum atomic E-state index is -2.81. The average molecular weight is 548 g/mol. The Labute approximate surface area is 202 Å². The molecule has 3 aromatic rings. The van der Waals surface area contributed by atoms with E-state index in [1.165, 1.54) is 5.56 Å². The van der Waals surface area contributed by atoms with Crippen molar-refractivity contribution in [3.63, 3.8) is 0 Å². The summed E-state index contributed by atoms with van der Waals surface area (Å²) in [6, 6.07) is 25.0. The van der Waals surface area contributed by atoms with Crippen LogP contribution >= 0.6 is 22.6 Å². The van der Waals surface area contributed by atoms with E-state index < -0.39 is 6.61 Å². The summed E-state index contributed by atoms with van der Waals surface area (Å²) >= 11 is 2.24. The molecule has 3 rings (SSSR count). The van der Waals surface area contributed by atoms with Crippen LogP contribution in [-0.4, -0.2) is 6.61 Å². The van der Waals surface area contributed by atoms with Crippen molar-refractivity contribution in [3.05, 3.63) is 100 Å². The first-order chi connectivity index (χ1) is 15.5. The molecule has 0 amide bonds. The number of allylic oxidation sites excluding steroid dienone is 1. The number of rotatable bonds is 11. The molecule has 0 bridgehead atoms. The Morgan fingerprint density at radius 2 is 1.62 bits per heavy atom. The Hall–Kier alpha value is -2.41. The van der Waals surface area contributed by atoms with Crippen molar-refractivity contribution in [2.24, 2.45) is 0 Å². The molecule has 0 N–H and O–H groups in total. The van der Waals surface area contributed by atoms with Crippen LogP contribution in [0.4, 0.5) is 8.78 Å². The van der Waals surface area contributed by atoms with Crippen molar-refractivity contribution in [1.29, 1.82) is 0 Å². The maximum Gasteiger partial charge on any atom is 0.387 e. The van der Waals surface area contributed by atoms with Gasteiger partial charge in [0.25, 0.3) is 0 Å². The number of hydrogen-bond donors (Lipinski definition) is 0. The first kappa shape index (κ1) is 24.2. The van der Waals surface area contributed by atoms with Gasteiger partial charge < -0.3 is 9.47 Å². The van der Waals surface area contributed by atoms with Crippen molar-refractivity contribution >= 4 is 22.6 Å². The lowest BCUT2D eigenvalue weighted by Crippen LogP contribution is -2.23. The second-order valence-corrected chi connectivity index (χ2v) is 8.34. The zero-order chi connectivity index (χ0) is 22.8. The van der Waals surface area contributed by atoms with Crippen LogP contribution in [0.2, 0.25) is 0 Å². The van der Waals surface area contributed by atoms with Gasteiger partial charge in [-0.2, -0.15) is 8.78 Å². The summed E-state index contributed by atoms with van der Waals surface area (Å²) in [4.78, 5) is 0. The number of ether oxygens (including phenoxy) is 2. The third-order valence-electron chi connectivity index (χ3n) is 5.63. The van der Waals surface area contributed by atoms with Gasteiger partial charge in [0.2, 0.25) is 0 Å². The molecule has 0 aromatic heterocycles. The highest BCUT2D eigenvalue weighted by molar-refractivity contribution is 14.1. The van der Waals surface area contributed by atoms with Crippen LogP contribution in [-0.2, 0) is 11.8 Å². The number of hydrogen-bond acceptors (Lipinski definition) is 2. The third-order valence-corrected chi connectivity index (χ3v) is 5.99. The molecular weight excluding hydrogens is 521 g/mol. The van der Waals surface area contributed by atoms with Crippen LogP contribution < -0.4 is 9.47 Å². The van der Waals surface area contributed by atoms with Crippen molar-refractivity contribution in [3.8, 4) is 17.2 Å². The fourth-order valence-corrected chi connectivity index (χ4v) is 4.60. The van der Waals surface area contributed by atoms with Gasteiger partial charge in [-0.3, -0.25) is 0 Å². The fraction of sp³-hybridized carbons (Fsp3) is 0.259. The van der Waals surface area contributed by atoms with Crippen LogP contribution in [0.5, 0.6) is 17.2 Å². The molecule has 0 aliphatic carbocycles. The maximum absolute atomic E-state index is 12.5. The van der Waals surface area contributed by atoms with Gasteiger partial charge in [0.05, 0.1) is 0 Å². The van der Waals surface area contributed by atoms with Crippen molar-refractivity contribution < 1.29 is 18.3 Å². The van der Waals surface area contributed by atoms with Crippen LogP contribution in [0.3, 0.4) is 0 Å². The topological polar surface area (TPSA) is 18.5 Å². The number of para-hydroxylation sites is 1. The molecule has 2 nitrogen and oxygen atoms in total. The molecule has 0 spiro atoms. The zero-order valence-electron chi connectivity index (χ0n) is 18.0. The Bertz CT molecular complexity index is 990. The number of alkyl halides is 2. The normalized spacial score (nSPS) is 13.3. The number of halogens is 3. The van der Waals surface area contributed by atoms with E-state index in [0.717, 1.165) is 42.7 Å². The molecule has 32 heavy (non-hydrogen) atoms. The molecule has 168 valence electrons. The van der Waals surface area contributed by atoms with E-state index in [-0.39, 0.29) is 11.2 Å². The first-order valence-electron chi connectivity index (χ1n) is 10.7. The molecule has 0 fully saturated rings. The monoisotopic (exact) mass is 548 g/mol. The highest BCUT2D eigenvalue weighted by Crippen LogP contribution is 2.37. The lowest BCUT2D eigenvalue weighted by molar-refractivity contribution is -0.0498. The van der Waals surface area contributed by atoms with Gasteiger partial charge in [-0.15, -0.1) is 0 Å². The fourth-order valence-electron chi connectivity index (χ4n) is 3.91. The second kappa shape index (κ2) is 12.0. The van der Waals surface area contributed by atoms with Crippen molar-refractivity contribution in [2.45, 2.75) is 44.6 Å². The first-order valence-corrected chi connectivity index (χ1v) is 11.9. The highest BCUT2D eigenvalue weighted by atomic mass is 127. The van der Waals surface area contributed by atoms with E-state index in [0.29, 0.717) is 0 Å². The van der Waals surface area contributed by atoms with Gasteiger partial charge in [-0.25, -0.2) is 0 Å². The van der Waals surface area contributed by atoms with Crippen molar-refractivity contribution in [1.82, 2.24) is 0 Å². The molecule has 0 aliphatic heterocycles. The molecule has 0 radical (unpaired) electrons. The quantitative estimate of drug-likeness (QED) is 0.223. The van der Waals surface area contributed by atoms with Gasteiger partial charge in [0, 0.05) is 5.41 Å². The minimum absolute atomic E-state index is 0.150. The Kier molecular flexibility index (Phi) is 9.09. The standard InChI is InChI=1S/C27H27F2IO2/c1-2-27(18-19-30,22-13-15-24(16-14-22)32-26(28)29)17-7-9-21-8-6-12-25(20-21)31-23-10-4-3-5-11-23/h3-6,8,10-16,18-20,26H,2,7,9,17H2,1H3. The minimum Gasteiger partial charge on any atom is -0.457 e. The van der Waals surface area contributed by atoms with Crippen LogP contribution in [0.1, 0.15) is 37.3 Å². The van der Waals surface area contributed by atoms with Crippen molar-refractivity contribution in [2.75, 3.05) is 0 Å². The predicted molar refractivity (Wildman–Crippen MR) is 134 cm³/mol. The summed E-state index contributed by atoms with van der Waals surface area (Å²) < 4.78 is 37.5. The second-order valence-electron chi connectivity index (χ2n) is 7.62. The summed E-state index contributed by atoms with van der Waals surface area (Å²) in [7, 11) is 0. The molecule has 0 heterocycles. The largest absolute Gasteiger partial charge is 0.457 e. The van der Waals surface area contributed by atoms with E-state index in [2.05, 4.69) is 52.5 Å². The summed E-state index contributed by atoms with van der Waals surface area (Å²) in [5.74, 6) is 1.83. The average Bonchev–Trinajstić information content (AvgIpc) is 2.79. The Balaban J connectivity index is 1.67. The van der Waals surface area contributed by atoms with Crippen LogP contribution in [0.25, 0.3) is 0 Å². The van der Waals surface area contributed by atoms with E-state index in [1.54, 1.807) is 12.1 Å². The summed E-state index contributed by atoms with van der Waals surface area (Å²) in [5.41, 5.74) is 2.18. The molecule has 1 atom stereocenters. The molecule has 3 aromatic carbocycles. The SMILES string of the molecule is CCC(C=CI)(CCCc1cccc(Oc2ccccc2)c1)c1ccc(OC(F)F)cc1. The van der Waals surface area contributed by atoms with Crippen LogP contribution in [0.15, 0.2) is 89.0 Å². The highest BCUT2D eigenvalue weighted by Gasteiger charge is 2.27. The number of benzene rings is 3. The van der Waals surface area contributed by atoms with Gasteiger partial charge in [-0.1, -0.05) is 78.1 Å². The molecule has 1 unspecified atom stereocenters. The predicted octanol–water partition coefficient (Wildman–Crippen LogP) is 8.70. The van der Waals surface area contributed by atoms with Gasteiger partial charge in [0.1, 0.15) is 17.2 Å². The van der Waals surface area contributed by atoms with E-state index in [4.69, 9.17) is 4.74 Å². The van der Waals surface area contributed by atoms with Gasteiger partial charge >= 0.3 is 6.61 Å². The summed E-state index contributed by atoms with van der Waals surface area (Å²) in [6.07, 6.45) is 5.99.